The highest BCUT2D eigenvalue weighted by atomic mass is 16.6. The molecule has 9 nitrogen and oxygen atoms in total. The molecule has 4 rings (SSSR count). The van der Waals surface area contributed by atoms with E-state index in [1.165, 1.54) is 23.8 Å². The van der Waals surface area contributed by atoms with Gasteiger partial charge in [-0.3, -0.25) is 24.6 Å². The summed E-state index contributed by atoms with van der Waals surface area (Å²) >= 11 is 0. The van der Waals surface area contributed by atoms with Crippen molar-refractivity contribution in [2.24, 2.45) is 0 Å². The number of rotatable bonds is 5. The summed E-state index contributed by atoms with van der Waals surface area (Å²) in [5.74, 6) is -0.984. The molecule has 0 spiro atoms. The fourth-order valence-corrected chi connectivity index (χ4v) is 3.07. The van der Waals surface area contributed by atoms with E-state index in [2.05, 4.69) is 10.1 Å². The van der Waals surface area contributed by atoms with Crippen LogP contribution in [0.5, 0.6) is 0 Å². The molecule has 2 aromatic carbocycles. The molecule has 0 bridgehead atoms. The molecule has 0 N–H and O–H groups in total. The van der Waals surface area contributed by atoms with E-state index in [0.29, 0.717) is 5.82 Å². The number of fused-ring (bicyclic) bond motifs is 1. The first-order chi connectivity index (χ1) is 13.5. The quantitative estimate of drug-likeness (QED) is 0.380. The molecule has 2 amide bonds. The normalized spacial score (nSPS) is 13.1. The third-order valence-corrected chi connectivity index (χ3v) is 4.56. The monoisotopic (exact) mass is 378 g/mol. The van der Waals surface area contributed by atoms with Gasteiger partial charge >= 0.3 is 0 Å². The summed E-state index contributed by atoms with van der Waals surface area (Å²) < 4.78 is 5.17. The third-order valence-electron chi connectivity index (χ3n) is 4.56. The first-order valence-electron chi connectivity index (χ1n) is 8.55. The molecule has 28 heavy (non-hydrogen) atoms. The number of nitro groups is 1. The van der Waals surface area contributed by atoms with E-state index >= 15 is 0 Å². The van der Waals surface area contributed by atoms with Crippen molar-refractivity contribution in [3.63, 3.8) is 0 Å². The lowest BCUT2D eigenvalue weighted by Crippen LogP contribution is -2.29. The summed E-state index contributed by atoms with van der Waals surface area (Å²) in [5, 5.41) is 15.1. The van der Waals surface area contributed by atoms with Crippen LogP contribution in [0.15, 0.2) is 47.0 Å². The van der Waals surface area contributed by atoms with Crippen molar-refractivity contribution in [2.45, 2.75) is 19.9 Å². The molecule has 1 aromatic heterocycles. The molecule has 0 saturated carbocycles. The van der Waals surface area contributed by atoms with Crippen LogP contribution in [-0.2, 0) is 13.0 Å². The van der Waals surface area contributed by atoms with Gasteiger partial charge in [0.1, 0.15) is 12.1 Å². The van der Waals surface area contributed by atoms with Crippen LogP contribution in [0.3, 0.4) is 0 Å². The minimum atomic E-state index is -0.751. The minimum absolute atomic E-state index is 0.00547. The Morgan fingerprint density at radius 1 is 1.11 bits per heavy atom. The van der Waals surface area contributed by atoms with Gasteiger partial charge < -0.3 is 4.52 Å². The second-order valence-corrected chi connectivity index (χ2v) is 6.22. The summed E-state index contributed by atoms with van der Waals surface area (Å²) in [4.78, 5) is 40.7. The molecule has 1 aliphatic rings. The molecule has 0 unspecified atom stereocenters. The number of hydrogen-bond acceptors (Lipinski definition) is 7. The Kier molecular flexibility index (Phi) is 4.19. The van der Waals surface area contributed by atoms with Gasteiger partial charge in [0.05, 0.1) is 10.5 Å². The summed E-state index contributed by atoms with van der Waals surface area (Å²) in [7, 11) is 0. The SMILES string of the molecule is CCc1ccc(-c2noc(CN3C(=O)c4cccc([N+](=O)[O-])c4C3=O)n2)cc1. The lowest BCUT2D eigenvalue weighted by molar-refractivity contribution is -0.385. The maximum absolute atomic E-state index is 12.6. The Morgan fingerprint density at radius 3 is 2.54 bits per heavy atom. The zero-order valence-electron chi connectivity index (χ0n) is 14.8. The second kappa shape index (κ2) is 6.69. The van der Waals surface area contributed by atoms with Crippen molar-refractivity contribution in [3.05, 3.63) is 75.2 Å². The fourth-order valence-electron chi connectivity index (χ4n) is 3.07. The van der Waals surface area contributed by atoms with Crippen LogP contribution in [-0.4, -0.2) is 31.8 Å². The Bertz CT molecular complexity index is 1100. The van der Waals surface area contributed by atoms with Gasteiger partial charge in [-0.15, -0.1) is 0 Å². The van der Waals surface area contributed by atoms with E-state index in [-0.39, 0.29) is 23.6 Å². The number of amides is 2. The lowest BCUT2D eigenvalue weighted by Gasteiger charge is -2.09. The van der Waals surface area contributed by atoms with Crippen LogP contribution in [0, 0.1) is 10.1 Å². The molecular formula is C19H14N4O5. The number of aryl methyl sites for hydroxylation is 1. The standard InChI is InChI=1S/C19H14N4O5/c1-2-11-6-8-12(9-7-11)17-20-15(28-21-17)10-22-18(24)13-4-3-5-14(23(26)27)16(13)19(22)25/h3-9H,2,10H2,1H3. The summed E-state index contributed by atoms with van der Waals surface area (Å²) in [5.41, 5.74) is 1.28. The number of hydrogen-bond donors (Lipinski definition) is 0. The Balaban J connectivity index is 1.59. The predicted octanol–water partition coefficient (Wildman–Crippen LogP) is 3.00. The van der Waals surface area contributed by atoms with Crippen molar-refractivity contribution >= 4 is 17.5 Å². The van der Waals surface area contributed by atoms with Crippen molar-refractivity contribution in [1.82, 2.24) is 15.0 Å². The summed E-state index contributed by atoms with van der Waals surface area (Å²) in [6.07, 6.45) is 0.906. The fraction of sp³-hybridized carbons (Fsp3) is 0.158. The molecule has 2 heterocycles. The number of benzene rings is 2. The number of aromatic nitrogens is 2. The predicted molar refractivity (Wildman–Crippen MR) is 96.4 cm³/mol. The van der Waals surface area contributed by atoms with Gasteiger partial charge in [-0.05, 0) is 18.1 Å². The highest BCUT2D eigenvalue weighted by molar-refractivity contribution is 6.23. The van der Waals surface area contributed by atoms with Crippen molar-refractivity contribution in [1.29, 1.82) is 0 Å². The van der Waals surface area contributed by atoms with Gasteiger partial charge in [-0.25, -0.2) is 0 Å². The maximum Gasteiger partial charge on any atom is 0.282 e. The van der Waals surface area contributed by atoms with Crippen LogP contribution in [0.4, 0.5) is 5.69 Å². The summed E-state index contributed by atoms with van der Waals surface area (Å²) in [6, 6.07) is 11.6. The lowest BCUT2D eigenvalue weighted by atomic mass is 10.1. The molecule has 0 fully saturated rings. The van der Waals surface area contributed by atoms with E-state index in [9.17, 15) is 19.7 Å². The summed E-state index contributed by atoms with van der Waals surface area (Å²) in [6.45, 7) is 1.79. The van der Waals surface area contributed by atoms with Gasteiger partial charge in [-0.1, -0.05) is 42.4 Å². The van der Waals surface area contributed by atoms with Gasteiger partial charge in [0.25, 0.3) is 17.5 Å². The molecule has 0 atom stereocenters. The highest BCUT2D eigenvalue weighted by Crippen LogP contribution is 2.31. The van der Waals surface area contributed by atoms with Crippen LogP contribution in [0.2, 0.25) is 0 Å². The molecule has 1 aliphatic heterocycles. The molecule has 0 saturated heterocycles. The largest absolute Gasteiger partial charge is 0.337 e. The first-order valence-corrected chi connectivity index (χ1v) is 8.55. The third kappa shape index (κ3) is 2.82. The molecular weight excluding hydrogens is 364 g/mol. The second-order valence-electron chi connectivity index (χ2n) is 6.22. The first kappa shape index (κ1) is 17.5. The van der Waals surface area contributed by atoms with E-state index in [1.54, 1.807) is 0 Å². The van der Waals surface area contributed by atoms with Crippen LogP contribution in [0.25, 0.3) is 11.4 Å². The highest BCUT2D eigenvalue weighted by Gasteiger charge is 2.41. The molecule has 0 aliphatic carbocycles. The number of carbonyl (C=O) groups excluding carboxylic acids is 2. The van der Waals surface area contributed by atoms with E-state index < -0.39 is 22.4 Å². The topological polar surface area (TPSA) is 119 Å². The number of imide groups is 1. The average molecular weight is 378 g/mol. The van der Waals surface area contributed by atoms with Crippen LogP contribution < -0.4 is 0 Å². The van der Waals surface area contributed by atoms with Gasteiger partial charge in [0.2, 0.25) is 11.7 Å². The minimum Gasteiger partial charge on any atom is -0.337 e. The van der Waals surface area contributed by atoms with E-state index in [0.717, 1.165) is 16.9 Å². The number of nitro benzene ring substituents is 1. The average Bonchev–Trinajstić information content (AvgIpc) is 3.27. The molecule has 140 valence electrons. The van der Waals surface area contributed by atoms with Gasteiger partial charge in [-0.2, -0.15) is 4.98 Å². The van der Waals surface area contributed by atoms with Crippen molar-refractivity contribution in [3.8, 4) is 11.4 Å². The van der Waals surface area contributed by atoms with E-state index in [1.807, 2.05) is 31.2 Å². The Labute approximate surface area is 158 Å². The molecule has 3 aromatic rings. The van der Waals surface area contributed by atoms with Crippen molar-refractivity contribution < 1.29 is 19.0 Å². The van der Waals surface area contributed by atoms with E-state index in [4.69, 9.17) is 4.52 Å². The van der Waals surface area contributed by atoms with Crippen LogP contribution >= 0.6 is 0 Å². The number of carbonyl (C=O) groups is 2. The van der Waals surface area contributed by atoms with Crippen LogP contribution in [0.1, 0.15) is 39.1 Å². The maximum atomic E-state index is 12.6. The van der Waals surface area contributed by atoms with Gasteiger partial charge in [0, 0.05) is 11.6 Å². The molecule has 9 heteroatoms. The van der Waals surface area contributed by atoms with Gasteiger partial charge in [0.15, 0.2) is 0 Å². The Hall–Kier alpha value is -3.88. The van der Waals surface area contributed by atoms with Crippen molar-refractivity contribution in [2.75, 3.05) is 0 Å². The molecule has 0 radical (unpaired) electrons. The number of nitrogens with zero attached hydrogens (tertiary/aromatic N) is 4. The zero-order chi connectivity index (χ0) is 19.8. The Morgan fingerprint density at radius 2 is 1.86 bits per heavy atom. The zero-order valence-corrected chi connectivity index (χ0v) is 14.8. The smallest absolute Gasteiger partial charge is 0.282 e.